The molecule has 0 bridgehead atoms. The highest BCUT2D eigenvalue weighted by Crippen LogP contribution is 2.29. The number of nitrogens with one attached hydrogen (secondary N) is 2. The minimum absolute atomic E-state index is 0.172. The topological polar surface area (TPSA) is 67.1 Å². The van der Waals surface area contributed by atoms with E-state index in [4.69, 9.17) is 0 Å². The predicted molar refractivity (Wildman–Crippen MR) is 77.4 cm³/mol. The summed E-state index contributed by atoms with van der Waals surface area (Å²) in [6.07, 6.45) is -2.73. The maximum Gasteiger partial charge on any atom is 0.434 e. The van der Waals surface area contributed by atoms with Gasteiger partial charge in [0.15, 0.2) is 11.7 Å². The summed E-state index contributed by atoms with van der Waals surface area (Å²) >= 11 is 0.957. The van der Waals surface area contributed by atoms with Crippen molar-refractivity contribution in [3.05, 3.63) is 34.0 Å². The van der Waals surface area contributed by atoms with E-state index in [0.717, 1.165) is 22.4 Å². The van der Waals surface area contributed by atoms with Crippen molar-refractivity contribution in [2.24, 2.45) is 12.0 Å². The molecule has 0 unspecified atom stereocenters. The lowest BCUT2D eigenvalue weighted by atomic mass is 10.4. The first-order valence-electron chi connectivity index (χ1n) is 6.33. The van der Waals surface area contributed by atoms with Crippen molar-refractivity contribution < 1.29 is 13.2 Å². The Morgan fingerprint density at radius 2 is 2.09 bits per heavy atom. The van der Waals surface area contributed by atoms with Crippen molar-refractivity contribution >= 4 is 17.3 Å². The molecule has 2 heterocycles. The van der Waals surface area contributed by atoms with Crippen LogP contribution in [0.1, 0.15) is 16.4 Å². The number of hydrogen-bond acceptors (Lipinski definition) is 4. The van der Waals surface area contributed by atoms with E-state index < -0.39 is 11.9 Å². The molecular weight excluding hydrogens is 317 g/mol. The monoisotopic (exact) mass is 332 g/mol. The van der Waals surface area contributed by atoms with Crippen LogP contribution in [-0.4, -0.2) is 27.8 Å². The van der Waals surface area contributed by atoms with E-state index in [1.165, 1.54) is 0 Å². The van der Waals surface area contributed by atoms with Gasteiger partial charge in [-0.05, 0) is 6.07 Å². The lowest BCUT2D eigenvalue weighted by molar-refractivity contribution is -0.140. The average molecular weight is 332 g/mol. The molecule has 120 valence electrons. The Kier molecular flexibility index (Phi) is 5.01. The molecule has 0 radical (unpaired) electrons. The molecule has 22 heavy (non-hydrogen) atoms. The maximum atomic E-state index is 12.5. The first-order chi connectivity index (χ1) is 10.4. The molecule has 0 fully saturated rings. The first-order valence-corrected chi connectivity index (χ1v) is 7.21. The maximum absolute atomic E-state index is 12.5. The van der Waals surface area contributed by atoms with Crippen molar-refractivity contribution in [3.8, 4) is 0 Å². The molecule has 0 atom stereocenters. The number of rotatable bonds is 4. The highest BCUT2D eigenvalue weighted by Gasteiger charge is 2.33. The lowest BCUT2D eigenvalue weighted by Crippen LogP contribution is -2.36. The molecule has 0 saturated carbocycles. The molecule has 0 aliphatic heterocycles. The van der Waals surface area contributed by atoms with Crippen LogP contribution in [0.15, 0.2) is 22.6 Å². The minimum Gasteiger partial charge on any atom is -0.351 e. The SMILES string of the molecule is CN=C(NCc1nc(C(F)(F)F)cs1)NCc1ccnn1C. The van der Waals surface area contributed by atoms with Crippen LogP contribution in [0.3, 0.4) is 0 Å². The molecule has 0 aliphatic carbocycles. The van der Waals surface area contributed by atoms with Gasteiger partial charge in [-0.25, -0.2) is 4.98 Å². The summed E-state index contributed by atoms with van der Waals surface area (Å²) in [6, 6.07) is 1.86. The van der Waals surface area contributed by atoms with Crippen LogP contribution in [0.25, 0.3) is 0 Å². The summed E-state index contributed by atoms with van der Waals surface area (Å²) in [5.41, 5.74) is 0.0867. The fourth-order valence-corrected chi connectivity index (χ4v) is 2.39. The van der Waals surface area contributed by atoms with Crippen molar-refractivity contribution in [3.63, 3.8) is 0 Å². The number of aryl methyl sites for hydroxylation is 1. The molecule has 0 spiro atoms. The number of alkyl halides is 3. The van der Waals surface area contributed by atoms with Crippen molar-refractivity contribution in [2.75, 3.05) is 7.05 Å². The number of guanidine groups is 1. The molecular formula is C12H15F3N6S. The van der Waals surface area contributed by atoms with Gasteiger partial charge in [-0.1, -0.05) is 0 Å². The van der Waals surface area contributed by atoms with E-state index in [1.807, 2.05) is 13.1 Å². The summed E-state index contributed by atoms with van der Waals surface area (Å²) in [6.45, 7) is 0.674. The zero-order valence-corrected chi connectivity index (χ0v) is 12.8. The Balaban J connectivity index is 1.86. The zero-order valence-electron chi connectivity index (χ0n) is 12.0. The Morgan fingerprint density at radius 1 is 1.36 bits per heavy atom. The summed E-state index contributed by atoms with van der Waals surface area (Å²) < 4.78 is 39.1. The smallest absolute Gasteiger partial charge is 0.351 e. The van der Waals surface area contributed by atoms with Crippen molar-refractivity contribution in [1.29, 1.82) is 0 Å². The van der Waals surface area contributed by atoms with Gasteiger partial charge in [-0.2, -0.15) is 18.3 Å². The molecule has 0 saturated heterocycles. The van der Waals surface area contributed by atoms with Crippen molar-refractivity contribution in [2.45, 2.75) is 19.3 Å². The van der Waals surface area contributed by atoms with E-state index >= 15 is 0 Å². The highest BCUT2D eigenvalue weighted by atomic mass is 32.1. The van der Waals surface area contributed by atoms with E-state index in [1.54, 1.807) is 17.9 Å². The molecule has 2 aromatic rings. The van der Waals surface area contributed by atoms with Crippen LogP contribution in [0.5, 0.6) is 0 Å². The Bertz CT molecular complexity index is 645. The standard InChI is InChI=1S/C12H15F3N6S/c1-16-11(17-5-8-3-4-19-21(8)2)18-6-10-20-9(7-22-10)12(13,14)15/h3-4,7H,5-6H2,1-2H3,(H2,16,17,18). The largest absolute Gasteiger partial charge is 0.434 e. The van der Waals surface area contributed by atoms with Gasteiger partial charge in [0.1, 0.15) is 5.01 Å². The summed E-state index contributed by atoms with van der Waals surface area (Å²) in [4.78, 5) is 7.55. The van der Waals surface area contributed by atoms with Crippen LogP contribution in [0, 0.1) is 0 Å². The number of thiazole rings is 1. The van der Waals surface area contributed by atoms with Gasteiger partial charge in [0.2, 0.25) is 0 Å². The van der Waals surface area contributed by atoms with Crippen LogP contribution in [-0.2, 0) is 26.3 Å². The van der Waals surface area contributed by atoms with Gasteiger partial charge in [0.05, 0.1) is 18.8 Å². The van der Waals surface area contributed by atoms with Gasteiger partial charge in [0, 0.05) is 25.7 Å². The summed E-state index contributed by atoms with van der Waals surface area (Å²) in [5.74, 6) is 0.477. The van der Waals surface area contributed by atoms with E-state index in [-0.39, 0.29) is 6.54 Å². The molecule has 0 amide bonds. The molecule has 2 aromatic heterocycles. The average Bonchev–Trinajstić information content (AvgIpc) is 3.08. The number of hydrogen-bond donors (Lipinski definition) is 2. The van der Waals surface area contributed by atoms with Gasteiger partial charge < -0.3 is 10.6 Å². The molecule has 0 aromatic carbocycles. The molecule has 2 N–H and O–H groups in total. The van der Waals surface area contributed by atoms with E-state index in [9.17, 15) is 13.2 Å². The fraction of sp³-hybridized carbons (Fsp3) is 0.417. The number of aliphatic imine (C=N–C) groups is 1. The second-order valence-electron chi connectivity index (χ2n) is 4.35. The van der Waals surface area contributed by atoms with Crippen LogP contribution in [0.2, 0.25) is 0 Å². The Morgan fingerprint density at radius 3 is 2.64 bits per heavy atom. The highest BCUT2D eigenvalue weighted by molar-refractivity contribution is 7.09. The Labute approximate surface area is 129 Å². The van der Waals surface area contributed by atoms with Crippen LogP contribution >= 0.6 is 11.3 Å². The number of nitrogens with zero attached hydrogens (tertiary/aromatic N) is 4. The third-order valence-corrected chi connectivity index (χ3v) is 3.68. The van der Waals surface area contributed by atoms with E-state index in [2.05, 4.69) is 25.7 Å². The fourth-order valence-electron chi connectivity index (χ4n) is 1.65. The number of aromatic nitrogens is 3. The second kappa shape index (κ2) is 6.77. The molecule has 10 heteroatoms. The quantitative estimate of drug-likeness (QED) is 0.661. The van der Waals surface area contributed by atoms with E-state index in [0.29, 0.717) is 17.5 Å². The number of halogens is 3. The molecule has 2 rings (SSSR count). The van der Waals surface area contributed by atoms with Crippen molar-refractivity contribution in [1.82, 2.24) is 25.4 Å². The Hall–Kier alpha value is -2.10. The van der Waals surface area contributed by atoms with Gasteiger partial charge in [0.25, 0.3) is 0 Å². The minimum atomic E-state index is -4.41. The first kappa shape index (κ1) is 16.3. The molecule has 0 aliphatic rings. The van der Waals surface area contributed by atoms with Gasteiger partial charge >= 0.3 is 6.18 Å². The zero-order chi connectivity index (χ0) is 16.2. The van der Waals surface area contributed by atoms with Gasteiger partial charge in [-0.15, -0.1) is 11.3 Å². The van der Waals surface area contributed by atoms with Crippen LogP contribution < -0.4 is 10.6 Å². The summed E-state index contributed by atoms with van der Waals surface area (Å²) in [5, 5.41) is 11.4. The predicted octanol–water partition coefficient (Wildman–Crippen LogP) is 1.76. The lowest BCUT2D eigenvalue weighted by Gasteiger charge is -2.10. The third-order valence-electron chi connectivity index (χ3n) is 2.83. The van der Waals surface area contributed by atoms with Crippen LogP contribution in [0.4, 0.5) is 13.2 Å². The normalized spacial score (nSPS) is 12.5. The third kappa shape index (κ3) is 4.20. The van der Waals surface area contributed by atoms with Gasteiger partial charge in [-0.3, -0.25) is 9.67 Å². The summed E-state index contributed by atoms with van der Waals surface area (Å²) in [7, 11) is 3.41. The second-order valence-corrected chi connectivity index (χ2v) is 5.29. The molecule has 6 nitrogen and oxygen atoms in total.